The van der Waals surface area contributed by atoms with Crippen LogP contribution in [0.3, 0.4) is 0 Å². The van der Waals surface area contributed by atoms with Gasteiger partial charge >= 0.3 is 0 Å². The molecule has 1 aromatic rings. The summed E-state index contributed by atoms with van der Waals surface area (Å²) < 4.78 is 2.10. The van der Waals surface area contributed by atoms with Gasteiger partial charge in [-0.25, -0.2) is 4.98 Å². The van der Waals surface area contributed by atoms with Crippen molar-refractivity contribution in [1.29, 1.82) is 0 Å². The summed E-state index contributed by atoms with van der Waals surface area (Å²) >= 11 is 0. The van der Waals surface area contributed by atoms with E-state index in [4.69, 9.17) is 0 Å². The van der Waals surface area contributed by atoms with Crippen molar-refractivity contribution in [3.63, 3.8) is 0 Å². The molecule has 4 heteroatoms. The molecule has 0 saturated carbocycles. The van der Waals surface area contributed by atoms with Gasteiger partial charge in [0, 0.05) is 31.5 Å². The number of hydrogen-bond acceptors (Lipinski definition) is 3. The summed E-state index contributed by atoms with van der Waals surface area (Å²) in [5, 5.41) is 3.73. The quantitative estimate of drug-likeness (QED) is 0.835. The molecule has 0 aliphatic carbocycles. The van der Waals surface area contributed by atoms with Crippen LogP contribution in [0.5, 0.6) is 0 Å². The van der Waals surface area contributed by atoms with Gasteiger partial charge in [-0.2, -0.15) is 0 Å². The Labute approximate surface area is 110 Å². The Morgan fingerprint density at radius 2 is 2.39 bits per heavy atom. The Balaban J connectivity index is 1.93. The van der Waals surface area contributed by atoms with E-state index in [2.05, 4.69) is 40.8 Å². The average molecular weight is 250 g/mol. The Morgan fingerprint density at radius 3 is 2.94 bits per heavy atom. The molecule has 2 heterocycles. The number of imidazole rings is 1. The summed E-state index contributed by atoms with van der Waals surface area (Å²) in [6.07, 6.45) is 9.04. The Morgan fingerprint density at radius 1 is 1.56 bits per heavy atom. The van der Waals surface area contributed by atoms with Gasteiger partial charge in [0.15, 0.2) is 0 Å². The highest BCUT2D eigenvalue weighted by Crippen LogP contribution is 2.25. The molecule has 0 aromatic carbocycles. The highest BCUT2D eigenvalue weighted by Gasteiger charge is 2.33. The number of aromatic nitrogens is 2. The van der Waals surface area contributed by atoms with Gasteiger partial charge in [0.2, 0.25) is 0 Å². The molecular weight excluding hydrogens is 224 g/mol. The summed E-state index contributed by atoms with van der Waals surface area (Å²) in [5.41, 5.74) is 0.342. The molecule has 18 heavy (non-hydrogen) atoms. The summed E-state index contributed by atoms with van der Waals surface area (Å²) in [6.45, 7) is 5.50. The largest absolute Gasteiger partial charge is 0.337 e. The SMILES string of the molecule is CCCC1(CN(C)Cc2nccn2C)CCCN1. The zero-order valence-electron chi connectivity index (χ0n) is 11.9. The first-order valence-electron chi connectivity index (χ1n) is 7.05. The molecule has 1 aromatic heterocycles. The smallest absolute Gasteiger partial charge is 0.122 e. The van der Waals surface area contributed by atoms with Crippen molar-refractivity contribution in [3.05, 3.63) is 18.2 Å². The van der Waals surface area contributed by atoms with E-state index in [9.17, 15) is 0 Å². The second-order valence-corrected chi connectivity index (χ2v) is 5.69. The summed E-state index contributed by atoms with van der Waals surface area (Å²) in [5.74, 6) is 1.14. The Kier molecular flexibility index (Phi) is 4.40. The number of hydrogen-bond donors (Lipinski definition) is 1. The molecule has 1 fully saturated rings. The van der Waals surface area contributed by atoms with E-state index < -0.39 is 0 Å². The van der Waals surface area contributed by atoms with Crippen LogP contribution in [0.15, 0.2) is 12.4 Å². The lowest BCUT2D eigenvalue weighted by Crippen LogP contribution is -2.48. The number of nitrogens with one attached hydrogen (secondary N) is 1. The van der Waals surface area contributed by atoms with Crippen molar-refractivity contribution in [2.24, 2.45) is 7.05 Å². The lowest BCUT2D eigenvalue weighted by Gasteiger charge is -2.33. The van der Waals surface area contributed by atoms with Gasteiger partial charge in [-0.05, 0) is 32.9 Å². The molecule has 1 aliphatic heterocycles. The van der Waals surface area contributed by atoms with Crippen molar-refractivity contribution >= 4 is 0 Å². The molecule has 102 valence electrons. The third kappa shape index (κ3) is 3.12. The minimum atomic E-state index is 0.342. The zero-order valence-corrected chi connectivity index (χ0v) is 11.9. The standard InChI is InChI=1S/C14H26N4/c1-4-6-14(7-5-8-16-14)12-17(2)11-13-15-9-10-18(13)3/h9-10,16H,4-8,11-12H2,1-3H3. The van der Waals surface area contributed by atoms with Crippen molar-refractivity contribution in [3.8, 4) is 0 Å². The van der Waals surface area contributed by atoms with Gasteiger partial charge in [-0.1, -0.05) is 13.3 Å². The van der Waals surface area contributed by atoms with E-state index in [-0.39, 0.29) is 0 Å². The van der Waals surface area contributed by atoms with E-state index in [1.165, 1.54) is 32.2 Å². The van der Waals surface area contributed by atoms with Crippen LogP contribution in [-0.4, -0.2) is 40.1 Å². The van der Waals surface area contributed by atoms with Gasteiger partial charge in [0.1, 0.15) is 5.82 Å². The normalized spacial score (nSPS) is 24.0. The first-order valence-corrected chi connectivity index (χ1v) is 7.05. The van der Waals surface area contributed by atoms with Crippen LogP contribution in [0.2, 0.25) is 0 Å². The van der Waals surface area contributed by atoms with Gasteiger partial charge < -0.3 is 9.88 Å². The first-order chi connectivity index (χ1) is 8.65. The van der Waals surface area contributed by atoms with Crippen LogP contribution in [0.4, 0.5) is 0 Å². The molecule has 0 radical (unpaired) electrons. The highest BCUT2D eigenvalue weighted by molar-refractivity contribution is 4.97. The number of likely N-dealkylation sites (N-methyl/N-ethyl adjacent to an activating group) is 1. The van der Waals surface area contributed by atoms with E-state index in [1.807, 2.05) is 12.4 Å². The molecule has 1 atom stereocenters. The molecule has 1 saturated heterocycles. The van der Waals surface area contributed by atoms with Crippen molar-refractivity contribution in [1.82, 2.24) is 19.8 Å². The Hall–Kier alpha value is -0.870. The molecule has 1 unspecified atom stereocenters. The fourth-order valence-electron chi connectivity index (χ4n) is 3.14. The lowest BCUT2D eigenvalue weighted by atomic mass is 9.91. The summed E-state index contributed by atoms with van der Waals surface area (Å²) in [6, 6.07) is 0. The number of aryl methyl sites for hydroxylation is 1. The van der Waals surface area contributed by atoms with Gasteiger partial charge in [-0.3, -0.25) is 4.90 Å². The molecule has 4 nitrogen and oxygen atoms in total. The zero-order chi connectivity index (χ0) is 13.0. The fraction of sp³-hybridized carbons (Fsp3) is 0.786. The summed E-state index contributed by atoms with van der Waals surface area (Å²) in [7, 11) is 4.26. The summed E-state index contributed by atoms with van der Waals surface area (Å²) in [4.78, 5) is 6.80. The van der Waals surface area contributed by atoms with Crippen molar-refractivity contribution < 1.29 is 0 Å². The van der Waals surface area contributed by atoms with E-state index in [0.717, 1.165) is 18.9 Å². The monoisotopic (exact) mass is 250 g/mol. The van der Waals surface area contributed by atoms with E-state index >= 15 is 0 Å². The Bertz CT molecular complexity index is 366. The molecule has 0 bridgehead atoms. The van der Waals surface area contributed by atoms with Crippen molar-refractivity contribution in [2.75, 3.05) is 20.1 Å². The van der Waals surface area contributed by atoms with Gasteiger partial charge in [0.25, 0.3) is 0 Å². The third-order valence-corrected chi connectivity index (χ3v) is 3.97. The van der Waals surface area contributed by atoms with Gasteiger partial charge in [-0.15, -0.1) is 0 Å². The van der Waals surface area contributed by atoms with Crippen LogP contribution in [-0.2, 0) is 13.6 Å². The topological polar surface area (TPSA) is 33.1 Å². The molecule has 0 spiro atoms. The lowest BCUT2D eigenvalue weighted by molar-refractivity contribution is 0.203. The molecule has 0 amide bonds. The fourth-order valence-corrected chi connectivity index (χ4v) is 3.14. The predicted molar refractivity (Wildman–Crippen MR) is 74.4 cm³/mol. The second kappa shape index (κ2) is 5.85. The van der Waals surface area contributed by atoms with Crippen LogP contribution in [0.1, 0.15) is 38.4 Å². The number of nitrogens with zero attached hydrogens (tertiary/aromatic N) is 3. The maximum absolute atomic E-state index is 4.40. The first kappa shape index (κ1) is 13.6. The van der Waals surface area contributed by atoms with Crippen LogP contribution in [0.25, 0.3) is 0 Å². The predicted octanol–water partition coefficient (Wildman–Crippen LogP) is 1.77. The van der Waals surface area contributed by atoms with Crippen LogP contribution in [0, 0.1) is 0 Å². The van der Waals surface area contributed by atoms with Crippen molar-refractivity contribution in [2.45, 2.75) is 44.7 Å². The minimum absolute atomic E-state index is 0.342. The molecule has 1 N–H and O–H groups in total. The minimum Gasteiger partial charge on any atom is -0.337 e. The maximum atomic E-state index is 4.40. The van der Waals surface area contributed by atoms with E-state index in [1.54, 1.807) is 0 Å². The van der Waals surface area contributed by atoms with Crippen LogP contribution >= 0.6 is 0 Å². The third-order valence-electron chi connectivity index (χ3n) is 3.97. The highest BCUT2D eigenvalue weighted by atomic mass is 15.2. The number of rotatable bonds is 6. The van der Waals surface area contributed by atoms with Gasteiger partial charge in [0.05, 0.1) is 6.54 Å². The second-order valence-electron chi connectivity index (χ2n) is 5.69. The molecule has 1 aliphatic rings. The molecular formula is C14H26N4. The molecule has 2 rings (SSSR count). The van der Waals surface area contributed by atoms with E-state index in [0.29, 0.717) is 5.54 Å². The average Bonchev–Trinajstić information content (AvgIpc) is 2.90. The van der Waals surface area contributed by atoms with Crippen LogP contribution < -0.4 is 5.32 Å². The maximum Gasteiger partial charge on any atom is 0.122 e.